The smallest absolute Gasteiger partial charge is 0.00584 e. The molecule has 0 spiro atoms. The van der Waals surface area contributed by atoms with Crippen LogP contribution in [0.4, 0.5) is 0 Å². The summed E-state index contributed by atoms with van der Waals surface area (Å²) < 4.78 is 3.24. The van der Waals surface area contributed by atoms with Crippen LogP contribution in [0.2, 0.25) is 0 Å². The maximum absolute atomic E-state index is 3.24. The average Bonchev–Trinajstić information content (AvgIpc) is 1.87. The first-order valence-corrected chi connectivity index (χ1v) is 5.25. The molecule has 0 heterocycles. The summed E-state index contributed by atoms with van der Waals surface area (Å²) in [6.07, 6.45) is 6.13. The summed E-state index contributed by atoms with van der Waals surface area (Å²) in [7, 11) is 0. The molecule has 0 aromatic rings. The van der Waals surface area contributed by atoms with Crippen molar-refractivity contribution in [2.45, 2.75) is 33.1 Å². The van der Waals surface area contributed by atoms with E-state index in [0.717, 1.165) is 12.5 Å². The SMILES string of the molecule is CSNCCCCC(C)C. The van der Waals surface area contributed by atoms with Gasteiger partial charge in [0.2, 0.25) is 0 Å². The van der Waals surface area contributed by atoms with Crippen molar-refractivity contribution in [3.05, 3.63) is 0 Å². The molecule has 1 N–H and O–H groups in total. The molecular weight excluding hydrogens is 142 g/mol. The number of unbranched alkanes of at least 4 members (excludes halogenated alkanes) is 1. The minimum Gasteiger partial charge on any atom is -0.264 e. The van der Waals surface area contributed by atoms with Gasteiger partial charge < -0.3 is 0 Å². The van der Waals surface area contributed by atoms with Gasteiger partial charge >= 0.3 is 0 Å². The van der Waals surface area contributed by atoms with Crippen LogP contribution >= 0.6 is 11.9 Å². The normalized spacial score (nSPS) is 10.8. The van der Waals surface area contributed by atoms with Gasteiger partial charge in [0.25, 0.3) is 0 Å². The van der Waals surface area contributed by atoms with Crippen LogP contribution in [0.15, 0.2) is 0 Å². The topological polar surface area (TPSA) is 12.0 Å². The third-order valence-electron chi connectivity index (χ3n) is 1.45. The van der Waals surface area contributed by atoms with Crippen molar-refractivity contribution in [1.29, 1.82) is 0 Å². The molecule has 2 heteroatoms. The van der Waals surface area contributed by atoms with Gasteiger partial charge in [0, 0.05) is 6.54 Å². The molecule has 0 radical (unpaired) electrons. The van der Waals surface area contributed by atoms with E-state index in [2.05, 4.69) is 24.8 Å². The Balaban J connectivity index is 2.77. The Morgan fingerprint density at radius 1 is 1.30 bits per heavy atom. The van der Waals surface area contributed by atoms with E-state index in [-0.39, 0.29) is 0 Å². The van der Waals surface area contributed by atoms with Gasteiger partial charge in [0.1, 0.15) is 0 Å². The van der Waals surface area contributed by atoms with E-state index in [1.165, 1.54) is 19.3 Å². The second-order valence-electron chi connectivity index (χ2n) is 2.99. The third kappa shape index (κ3) is 8.31. The summed E-state index contributed by atoms with van der Waals surface area (Å²) in [6, 6.07) is 0. The van der Waals surface area contributed by atoms with E-state index in [9.17, 15) is 0 Å². The Kier molecular flexibility index (Phi) is 7.65. The van der Waals surface area contributed by atoms with Crippen molar-refractivity contribution in [2.24, 2.45) is 5.92 Å². The van der Waals surface area contributed by atoms with Crippen LogP contribution in [0.3, 0.4) is 0 Å². The van der Waals surface area contributed by atoms with Crippen LogP contribution in [-0.2, 0) is 0 Å². The Morgan fingerprint density at radius 3 is 2.50 bits per heavy atom. The second-order valence-corrected chi connectivity index (χ2v) is 3.69. The van der Waals surface area contributed by atoms with Gasteiger partial charge in [-0.05, 0) is 18.6 Å². The van der Waals surface area contributed by atoms with Crippen molar-refractivity contribution in [3.63, 3.8) is 0 Å². The van der Waals surface area contributed by atoms with Crippen LogP contribution in [-0.4, -0.2) is 12.8 Å². The van der Waals surface area contributed by atoms with E-state index in [1.807, 2.05) is 0 Å². The third-order valence-corrected chi connectivity index (χ3v) is 1.95. The highest BCUT2D eigenvalue weighted by Crippen LogP contribution is 2.05. The number of nitrogens with one attached hydrogen (secondary N) is 1. The molecule has 0 amide bonds. The summed E-state index contributed by atoms with van der Waals surface area (Å²) in [5.74, 6) is 0.870. The van der Waals surface area contributed by atoms with Crippen LogP contribution in [0, 0.1) is 5.92 Å². The molecule has 1 nitrogen and oxygen atoms in total. The molecule has 0 saturated carbocycles. The lowest BCUT2D eigenvalue weighted by Gasteiger charge is -2.03. The lowest BCUT2D eigenvalue weighted by molar-refractivity contribution is 0.538. The standard InChI is InChI=1S/C8H19NS/c1-8(2)6-4-5-7-9-10-3/h8-9H,4-7H2,1-3H3. The fourth-order valence-corrected chi connectivity index (χ4v) is 1.20. The molecule has 62 valence electrons. The largest absolute Gasteiger partial charge is 0.264 e. The first-order chi connectivity index (χ1) is 4.77. The highest BCUT2D eigenvalue weighted by molar-refractivity contribution is 7.96. The zero-order valence-electron chi connectivity index (χ0n) is 7.31. The van der Waals surface area contributed by atoms with Gasteiger partial charge in [-0.25, -0.2) is 0 Å². The van der Waals surface area contributed by atoms with Gasteiger partial charge in [-0.1, -0.05) is 38.6 Å². The first-order valence-electron chi connectivity index (χ1n) is 4.03. The Bertz CT molecular complexity index is 64.3. The molecule has 0 aliphatic carbocycles. The van der Waals surface area contributed by atoms with Crippen LogP contribution in [0.5, 0.6) is 0 Å². The van der Waals surface area contributed by atoms with Crippen molar-refractivity contribution >= 4 is 11.9 Å². The van der Waals surface area contributed by atoms with E-state index in [4.69, 9.17) is 0 Å². The predicted octanol–water partition coefficient (Wildman–Crippen LogP) is 2.68. The minimum absolute atomic E-state index is 0.870. The first kappa shape index (κ1) is 10.3. The fourth-order valence-electron chi connectivity index (χ4n) is 0.852. The maximum Gasteiger partial charge on any atom is 0.00584 e. The molecule has 0 bridgehead atoms. The highest BCUT2D eigenvalue weighted by atomic mass is 32.2. The number of rotatable bonds is 6. The molecule has 0 aliphatic heterocycles. The summed E-state index contributed by atoms with van der Waals surface area (Å²) in [5, 5.41) is 0. The maximum atomic E-state index is 3.24. The van der Waals surface area contributed by atoms with Crippen LogP contribution in [0.25, 0.3) is 0 Å². The lowest BCUT2D eigenvalue weighted by Crippen LogP contribution is -2.04. The molecule has 0 rings (SSSR count). The van der Waals surface area contributed by atoms with Crippen molar-refractivity contribution < 1.29 is 0 Å². The molecule has 0 aromatic heterocycles. The molecule has 0 unspecified atom stereocenters. The predicted molar refractivity (Wildman–Crippen MR) is 50.2 cm³/mol. The second kappa shape index (κ2) is 7.42. The van der Waals surface area contributed by atoms with Crippen molar-refractivity contribution in [1.82, 2.24) is 4.72 Å². The van der Waals surface area contributed by atoms with Gasteiger partial charge in [-0.2, -0.15) is 0 Å². The lowest BCUT2D eigenvalue weighted by atomic mass is 10.1. The zero-order chi connectivity index (χ0) is 7.82. The van der Waals surface area contributed by atoms with Gasteiger partial charge in [-0.15, -0.1) is 0 Å². The molecule has 0 aromatic carbocycles. The van der Waals surface area contributed by atoms with Crippen LogP contribution in [0.1, 0.15) is 33.1 Å². The quantitative estimate of drug-likeness (QED) is 0.475. The molecular formula is C8H19NS. The summed E-state index contributed by atoms with van der Waals surface area (Å²) >= 11 is 1.71. The zero-order valence-corrected chi connectivity index (χ0v) is 8.13. The molecule has 0 aliphatic rings. The van der Waals surface area contributed by atoms with E-state index in [0.29, 0.717) is 0 Å². The van der Waals surface area contributed by atoms with Crippen LogP contribution < -0.4 is 4.72 Å². The Hall–Kier alpha value is 0.310. The summed E-state index contributed by atoms with van der Waals surface area (Å²) in [6.45, 7) is 5.72. The number of hydrogen-bond donors (Lipinski definition) is 1. The summed E-state index contributed by atoms with van der Waals surface area (Å²) in [5.41, 5.74) is 0. The van der Waals surface area contributed by atoms with E-state index in [1.54, 1.807) is 11.9 Å². The molecule has 0 saturated heterocycles. The molecule has 10 heavy (non-hydrogen) atoms. The minimum atomic E-state index is 0.870. The van der Waals surface area contributed by atoms with E-state index < -0.39 is 0 Å². The van der Waals surface area contributed by atoms with Gasteiger partial charge in [0.15, 0.2) is 0 Å². The van der Waals surface area contributed by atoms with Crippen molar-refractivity contribution in [2.75, 3.05) is 12.8 Å². The monoisotopic (exact) mass is 161 g/mol. The van der Waals surface area contributed by atoms with E-state index >= 15 is 0 Å². The molecule has 0 fully saturated rings. The Morgan fingerprint density at radius 2 is 2.00 bits per heavy atom. The Labute approximate surface area is 69.1 Å². The summed E-state index contributed by atoms with van der Waals surface area (Å²) in [4.78, 5) is 0. The van der Waals surface area contributed by atoms with Crippen molar-refractivity contribution in [3.8, 4) is 0 Å². The number of hydrogen-bond acceptors (Lipinski definition) is 2. The van der Waals surface area contributed by atoms with Gasteiger partial charge in [0.05, 0.1) is 0 Å². The average molecular weight is 161 g/mol. The fraction of sp³-hybridized carbons (Fsp3) is 1.00. The molecule has 0 atom stereocenters. The van der Waals surface area contributed by atoms with Gasteiger partial charge in [-0.3, -0.25) is 4.72 Å². The highest BCUT2D eigenvalue weighted by Gasteiger charge is 1.92.